The fraction of sp³-hybridized carbons (Fsp3) is 0.474. The first-order valence-corrected chi connectivity index (χ1v) is 20.6. The van der Waals surface area contributed by atoms with Gasteiger partial charge in [0.2, 0.25) is 23.4 Å². The second-order valence-electron chi connectivity index (χ2n) is 14.3. The number of nitrogens with two attached hydrogens (primary N) is 5. The van der Waals surface area contributed by atoms with Crippen molar-refractivity contribution in [1.82, 2.24) is 25.9 Å². The van der Waals surface area contributed by atoms with Crippen LogP contribution in [0.5, 0.6) is 0 Å². The van der Waals surface area contributed by atoms with Crippen molar-refractivity contribution in [2.75, 3.05) is 13.1 Å². The molecule has 19 heteroatoms. The summed E-state index contributed by atoms with van der Waals surface area (Å²) in [4.78, 5) is 72.0. The summed E-state index contributed by atoms with van der Waals surface area (Å²) < 4.78 is 1.71. The molecule has 2 aromatic carbocycles. The van der Waals surface area contributed by atoms with E-state index in [4.69, 9.17) is 28.7 Å². The van der Waals surface area contributed by atoms with Gasteiger partial charge in [0.15, 0.2) is 21.9 Å². The van der Waals surface area contributed by atoms with E-state index in [0.717, 1.165) is 9.40 Å². The number of guanidine groups is 2. The van der Waals surface area contributed by atoms with Gasteiger partial charge in [0.1, 0.15) is 6.23 Å². The van der Waals surface area contributed by atoms with Crippen molar-refractivity contribution < 1.29 is 24.3 Å². The second-order valence-corrected chi connectivity index (χ2v) is 16.3. The first kappa shape index (κ1) is 43.1. The Morgan fingerprint density at radius 3 is 1.77 bits per heavy atom. The Labute approximate surface area is 338 Å². The fourth-order valence-electron chi connectivity index (χ4n) is 7.03. The maximum atomic E-state index is 13.8. The first-order chi connectivity index (χ1) is 27.3. The number of para-hydroxylation sites is 2. The summed E-state index contributed by atoms with van der Waals surface area (Å²) in [5.41, 5.74) is 29.9. The summed E-state index contributed by atoms with van der Waals surface area (Å²) in [7, 11) is 0. The molecule has 4 aromatic rings. The Morgan fingerprint density at radius 1 is 0.772 bits per heavy atom. The number of carbonyl (C=O) groups is 4. The zero-order valence-corrected chi connectivity index (χ0v) is 33.4. The fourth-order valence-corrected chi connectivity index (χ4v) is 8.95. The smallest absolute Gasteiger partial charge is 0.237 e. The molecule has 17 nitrogen and oxygen atoms in total. The van der Waals surface area contributed by atoms with E-state index in [1.807, 2.05) is 48.5 Å². The van der Waals surface area contributed by atoms with Gasteiger partial charge in [-0.25, -0.2) is 9.97 Å². The number of aliphatic imine (C=N–C) groups is 2. The second kappa shape index (κ2) is 20.4. The first-order valence-electron chi connectivity index (χ1n) is 19.0. The van der Waals surface area contributed by atoms with Crippen LogP contribution in [-0.4, -0.2) is 93.9 Å². The van der Waals surface area contributed by atoms with Crippen LogP contribution < -0.4 is 44.6 Å². The number of hydrogen-bond donors (Lipinski definition) is 9. The molecule has 306 valence electrons. The molecule has 2 amide bonds. The molecular weight excluding hydrogens is 769 g/mol. The molecule has 0 aliphatic heterocycles. The number of aliphatic hydroxyl groups excluding tert-OH is 1. The zero-order chi connectivity index (χ0) is 41.1. The number of amides is 2. The Balaban J connectivity index is 1.23. The van der Waals surface area contributed by atoms with Crippen molar-refractivity contribution in [1.29, 1.82) is 0 Å². The van der Waals surface area contributed by atoms with Crippen LogP contribution in [0.15, 0.2) is 58.5 Å². The lowest BCUT2D eigenvalue weighted by atomic mass is 9.94. The van der Waals surface area contributed by atoms with Crippen LogP contribution >= 0.6 is 22.7 Å². The van der Waals surface area contributed by atoms with Crippen LogP contribution in [0.1, 0.15) is 77.9 Å². The SMILES string of the molecule is CC(O)N[C@@H](CCC1C[C@H](C(=O)NC(CCCN=C(N)N)C(=O)c2nc3ccccc3s2)C[C@@H]1N)C(=O)NC(CCCN=C(N)N)C(=O)c1nc2ccccc2s1. The van der Waals surface area contributed by atoms with Gasteiger partial charge in [0, 0.05) is 25.0 Å². The number of aromatic nitrogens is 2. The van der Waals surface area contributed by atoms with Gasteiger partial charge < -0.3 is 44.4 Å². The molecule has 14 N–H and O–H groups in total. The third kappa shape index (κ3) is 12.2. The number of Topliss-reactive ketones (excluding diaryl/α,β-unsaturated/α-hetero) is 2. The molecule has 1 saturated carbocycles. The monoisotopic (exact) mass is 820 g/mol. The van der Waals surface area contributed by atoms with Crippen LogP contribution in [-0.2, 0) is 9.59 Å². The van der Waals surface area contributed by atoms with Crippen molar-refractivity contribution in [3.8, 4) is 0 Å². The predicted molar refractivity (Wildman–Crippen MR) is 224 cm³/mol. The van der Waals surface area contributed by atoms with Gasteiger partial charge in [0.25, 0.3) is 0 Å². The number of nitrogens with zero attached hydrogens (tertiary/aromatic N) is 4. The van der Waals surface area contributed by atoms with E-state index in [1.54, 1.807) is 0 Å². The van der Waals surface area contributed by atoms with Gasteiger partial charge >= 0.3 is 0 Å². The number of hydrogen-bond acceptors (Lipinski definition) is 13. The molecule has 4 unspecified atom stereocenters. The molecule has 0 radical (unpaired) electrons. The van der Waals surface area contributed by atoms with Crippen LogP contribution in [0.4, 0.5) is 0 Å². The summed E-state index contributed by atoms with van der Waals surface area (Å²) in [5, 5.41) is 19.6. The molecule has 1 fully saturated rings. The van der Waals surface area contributed by atoms with E-state index in [-0.39, 0.29) is 65.7 Å². The number of thiazole rings is 2. The maximum absolute atomic E-state index is 13.8. The van der Waals surface area contributed by atoms with E-state index in [1.165, 1.54) is 29.6 Å². The topological polar surface area (TPSA) is 305 Å². The van der Waals surface area contributed by atoms with Crippen LogP contribution in [0.25, 0.3) is 20.4 Å². The van der Waals surface area contributed by atoms with Gasteiger partial charge in [-0.1, -0.05) is 24.3 Å². The molecule has 1 aliphatic carbocycles. The third-order valence-corrected chi connectivity index (χ3v) is 12.0. The van der Waals surface area contributed by atoms with E-state index >= 15 is 0 Å². The summed E-state index contributed by atoms with van der Waals surface area (Å²) in [6, 6.07) is 11.8. The Hall–Kier alpha value is -5.08. The average Bonchev–Trinajstić information content (AvgIpc) is 3.91. The predicted octanol–water partition coefficient (Wildman–Crippen LogP) is 1.48. The molecule has 7 atom stereocenters. The summed E-state index contributed by atoms with van der Waals surface area (Å²) in [6.45, 7) is 2.06. The van der Waals surface area contributed by atoms with Crippen LogP contribution in [0.2, 0.25) is 0 Å². The number of nitrogens with one attached hydrogen (secondary N) is 3. The number of rotatable bonds is 21. The zero-order valence-electron chi connectivity index (χ0n) is 31.8. The average molecular weight is 821 g/mol. The number of benzene rings is 2. The molecule has 2 heterocycles. The maximum Gasteiger partial charge on any atom is 0.237 e. The van der Waals surface area contributed by atoms with Crippen molar-refractivity contribution in [2.45, 2.75) is 88.7 Å². The molecule has 0 bridgehead atoms. The number of fused-ring (bicyclic) bond motifs is 2. The normalized spacial score (nSPS) is 18.7. The van der Waals surface area contributed by atoms with Crippen LogP contribution in [0, 0.1) is 11.8 Å². The highest BCUT2D eigenvalue weighted by Gasteiger charge is 2.38. The highest BCUT2D eigenvalue weighted by atomic mass is 32.1. The summed E-state index contributed by atoms with van der Waals surface area (Å²) in [6.07, 6.45) is 1.94. The Bertz CT molecular complexity index is 2010. The number of aliphatic hydroxyl groups is 1. The molecule has 1 aliphatic rings. The molecule has 0 spiro atoms. The molecule has 2 aromatic heterocycles. The lowest BCUT2D eigenvalue weighted by Gasteiger charge is -2.25. The highest BCUT2D eigenvalue weighted by Crippen LogP contribution is 2.34. The van der Waals surface area contributed by atoms with E-state index < -0.39 is 36.2 Å². The van der Waals surface area contributed by atoms with E-state index in [9.17, 15) is 24.3 Å². The Morgan fingerprint density at radius 2 is 1.28 bits per heavy atom. The lowest BCUT2D eigenvalue weighted by Crippen LogP contribution is -2.52. The van der Waals surface area contributed by atoms with Gasteiger partial charge in [-0.3, -0.25) is 34.5 Å². The van der Waals surface area contributed by atoms with Crippen molar-refractivity contribution in [2.24, 2.45) is 50.5 Å². The quantitative estimate of drug-likeness (QED) is 0.0189. The minimum atomic E-state index is -1.03. The molecule has 57 heavy (non-hydrogen) atoms. The minimum absolute atomic E-state index is 0.0558. The van der Waals surface area contributed by atoms with Gasteiger partial charge in [-0.05, 0) is 88.5 Å². The molecule has 5 rings (SSSR count). The standard InChI is InChI=1S/C38H52N12O5S2/c1-20(51)46-28(34(55)48-27(11-7-17-45-38(42)43)32(53)36-50-25-9-3-5-13-30(25)57-36)15-14-21-18-22(19-23(21)39)33(54)47-26(10-6-16-44-37(40)41)31(52)35-49-24-8-2-4-12-29(24)56-35/h2-5,8-9,12-13,20-23,26-28,46,51H,6-7,10-11,14-19,39H2,1H3,(H,47,54)(H,48,55)(H4,40,41,44)(H4,42,43,45)/t20?,21?,22-,23-,26?,27?,28-/m0/s1. The summed E-state index contributed by atoms with van der Waals surface area (Å²) in [5.74, 6) is -2.12. The highest BCUT2D eigenvalue weighted by molar-refractivity contribution is 7.20. The number of carbonyl (C=O) groups excluding carboxylic acids is 4. The van der Waals surface area contributed by atoms with Gasteiger partial charge in [-0.15, -0.1) is 22.7 Å². The Kier molecular flexibility index (Phi) is 15.4. The molecule has 0 saturated heterocycles. The largest absolute Gasteiger partial charge is 0.379 e. The van der Waals surface area contributed by atoms with Crippen molar-refractivity contribution in [3.63, 3.8) is 0 Å². The number of ketones is 2. The van der Waals surface area contributed by atoms with Crippen LogP contribution in [0.3, 0.4) is 0 Å². The molecular formula is C38H52N12O5S2. The van der Waals surface area contributed by atoms with Gasteiger partial charge in [0.05, 0.1) is 38.6 Å². The van der Waals surface area contributed by atoms with Gasteiger partial charge in [-0.2, -0.15) is 0 Å². The van der Waals surface area contributed by atoms with E-state index in [2.05, 4.69) is 35.9 Å². The lowest BCUT2D eigenvalue weighted by molar-refractivity contribution is -0.126. The van der Waals surface area contributed by atoms with E-state index in [0.29, 0.717) is 61.1 Å². The summed E-state index contributed by atoms with van der Waals surface area (Å²) >= 11 is 2.52. The third-order valence-electron chi connectivity index (χ3n) is 9.87. The minimum Gasteiger partial charge on any atom is -0.379 e. The van der Waals surface area contributed by atoms with Crippen molar-refractivity contribution >= 4 is 78.4 Å². The van der Waals surface area contributed by atoms with Crippen molar-refractivity contribution in [3.05, 3.63) is 58.5 Å².